The Morgan fingerprint density at radius 2 is 1.90 bits per heavy atom. The van der Waals surface area contributed by atoms with Gasteiger partial charge < -0.3 is 19.5 Å². The molecule has 1 aliphatic heterocycles. The van der Waals surface area contributed by atoms with Crippen molar-refractivity contribution in [3.05, 3.63) is 53.3 Å². The van der Waals surface area contributed by atoms with E-state index in [9.17, 15) is 13.2 Å². The number of aromatic nitrogens is 2. The summed E-state index contributed by atoms with van der Waals surface area (Å²) in [5.74, 6) is -0.210. The van der Waals surface area contributed by atoms with E-state index in [0.29, 0.717) is 53.9 Å². The number of imidazole rings is 1. The summed E-state index contributed by atoms with van der Waals surface area (Å²) in [5.41, 5.74) is 2.71. The van der Waals surface area contributed by atoms with Crippen LogP contribution >= 0.6 is 11.6 Å². The van der Waals surface area contributed by atoms with Crippen LogP contribution in [-0.4, -0.2) is 56.4 Å². The molecule has 0 unspecified atom stereocenters. The van der Waals surface area contributed by atoms with Crippen molar-refractivity contribution in [1.82, 2.24) is 9.55 Å². The van der Waals surface area contributed by atoms with Gasteiger partial charge >= 0.3 is 0 Å². The molecule has 3 aromatic rings. The number of hydrogen-bond donors (Lipinski definition) is 1. The molecule has 2 heterocycles. The number of rotatable bonds is 6. The Bertz CT molecular complexity index is 1220. The van der Waals surface area contributed by atoms with Gasteiger partial charge in [-0.1, -0.05) is 29.8 Å². The molecule has 8 nitrogen and oxygen atoms in total. The number of hydrogen-bond acceptors (Lipinski definition) is 6. The van der Waals surface area contributed by atoms with Gasteiger partial charge in [-0.3, -0.25) is 4.79 Å². The van der Waals surface area contributed by atoms with Crippen molar-refractivity contribution in [2.24, 2.45) is 0 Å². The van der Waals surface area contributed by atoms with Crippen LogP contribution in [0, 0.1) is 0 Å². The van der Waals surface area contributed by atoms with Crippen molar-refractivity contribution < 1.29 is 17.9 Å². The zero-order valence-corrected chi connectivity index (χ0v) is 18.6. The first kappa shape index (κ1) is 21.6. The number of para-hydroxylation sites is 3. The molecule has 0 bridgehead atoms. The number of carbonyl (C=O) groups excluding carboxylic acids is 1. The minimum absolute atomic E-state index is 0.0690. The first-order valence-electron chi connectivity index (χ1n) is 9.85. The molecular formula is C21H23ClN4O4S. The number of morpholine rings is 1. The standard InChI is InChI=1S/C21H23ClN4O4S/c1-31(28,29)14-19-23-16-6-2-3-8-18(16)26(19)13-20(27)24-17-7-4-5-15(22)21(17)25-9-11-30-12-10-25/h2-8H,9-14H2,1H3,(H,24,27). The van der Waals surface area contributed by atoms with Gasteiger partial charge in [-0.2, -0.15) is 0 Å². The summed E-state index contributed by atoms with van der Waals surface area (Å²) in [7, 11) is -3.32. The number of halogens is 1. The third kappa shape index (κ3) is 5.00. The molecule has 31 heavy (non-hydrogen) atoms. The van der Waals surface area contributed by atoms with Crippen molar-refractivity contribution in [3.63, 3.8) is 0 Å². The van der Waals surface area contributed by atoms with Gasteiger partial charge in [-0.05, 0) is 24.3 Å². The normalized spacial score (nSPS) is 14.7. The second-order valence-electron chi connectivity index (χ2n) is 7.46. The fourth-order valence-corrected chi connectivity index (χ4v) is 4.69. The lowest BCUT2D eigenvalue weighted by molar-refractivity contribution is -0.116. The lowest BCUT2D eigenvalue weighted by Gasteiger charge is -2.31. The van der Waals surface area contributed by atoms with Crippen LogP contribution in [0.3, 0.4) is 0 Å². The maximum atomic E-state index is 13.0. The fraction of sp³-hybridized carbons (Fsp3) is 0.333. The number of nitrogens with one attached hydrogen (secondary N) is 1. The second-order valence-corrected chi connectivity index (χ2v) is 10.0. The number of nitrogens with zero attached hydrogens (tertiary/aromatic N) is 3. The SMILES string of the molecule is CS(=O)(=O)Cc1nc2ccccc2n1CC(=O)Nc1cccc(Cl)c1N1CCOCC1. The number of ether oxygens (including phenoxy) is 1. The van der Waals surface area contributed by atoms with Crippen LogP contribution in [0.15, 0.2) is 42.5 Å². The number of benzene rings is 2. The lowest BCUT2D eigenvalue weighted by atomic mass is 10.2. The maximum Gasteiger partial charge on any atom is 0.244 e. The Balaban J connectivity index is 1.62. The number of anilines is 2. The van der Waals surface area contributed by atoms with E-state index in [1.54, 1.807) is 28.8 Å². The molecule has 164 valence electrons. The predicted molar refractivity (Wildman–Crippen MR) is 121 cm³/mol. The zero-order valence-electron chi connectivity index (χ0n) is 17.0. The van der Waals surface area contributed by atoms with E-state index in [4.69, 9.17) is 16.3 Å². The van der Waals surface area contributed by atoms with Crippen molar-refractivity contribution >= 4 is 49.8 Å². The molecule has 2 aromatic carbocycles. The average Bonchev–Trinajstić information content (AvgIpc) is 3.04. The monoisotopic (exact) mass is 462 g/mol. The van der Waals surface area contributed by atoms with Crippen LogP contribution in [0.2, 0.25) is 5.02 Å². The lowest BCUT2D eigenvalue weighted by Crippen LogP contribution is -2.37. The number of fused-ring (bicyclic) bond motifs is 1. The molecule has 1 aliphatic rings. The van der Waals surface area contributed by atoms with Crippen LogP contribution in [0.4, 0.5) is 11.4 Å². The number of sulfone groups is 1. The topological polar surface area (TPSA) is 93.5 Å². The maximum absolute atomic E-state index is 13.0. The second kappa shape index (κ2) is 8.86. The third-order valence-corrected chi connectivity index (χ3v) is 6.10. The van der Waals surface area contributed by atoms with Gasteiger partial charge in [0.25, 0.3) is 0 Å². The summed E-state index contributed by atoms with van der Waals surface area (Å²) < 4.78 is 30.8. The molecule has 0 aliphatic carbocycles. The van der Waals surface area contributed by atoms with Gasteiger partial charge in [0.1, 0.15) is 18.1 Å². The van der Waals surface area contributed by atoms with Crippen LogP contribution in [0.5, 0.6) is 0 Å². The van der Waals surface area contributed by atoms with E-state index in [1.807, 2.05) is 18.2 Å². The average molecular weight is 463 g/mol. The highest BCUT2D eigenvalue weighted by molar-refractivity contribution is 7.89. The molecule has 4 rings (SSSR count). The Hall–Kier alpha value is -2.62. The van der Waals surface area contributed by atoms with Gasteiger partial charge in [0, 0.05) is 19.3 Å². The van der Waals surface area contributed by atoms with E-state index in [0.717, 1.165) is 11.9 Å². The Kier molecular flexibility index (Phi) is 6.17. The van der Waals surface area contributed by atoms with Crippen LogP contribution in [-0.2, 0) is 31.7 Å². The van der Waals surface area contributed by atoms with E-state index in [1.165, 1.54) is 0 Å². The fourth-order valence-electron chi connectivity index (χ4n) is 3.70. The summed E-state index contributed by atoms with van der Waals surface area (Å²) in [4.78, 5) is 19.5. The van der Waals surface area contributed by atoms with Crippen LogP contribution in [0.25, 0.3) is 11.0 Å². The summed E-state index contributed by atoms with van der Waals surface area (Å²) in [6.07, 6.45) is 1.15. The molecule has 1 fully saturated rings. The van der Waals surface area contributed by atoms with Gasteiger partial charge in [-0.15, -0.1) is 0 Å². The Labute approximate surface area is 185 Å². The molecule has 1 saturated heterocycles. The summed E-state index contributed by atoms with van der Waals surface area (Å²) >= 11 is 6.45. The van der Waals surface area contributed by atoms with Gasteiger partial charge in [0.05, 0.1) is 40.6 Å². The van der Waals surface area contributed by atoms with Gasteiger partial charge in [0.15, 0.2) is 9.84 Å². The van der Waals surface area contributed by atoms with E-state index < -0.39 is 9.84 Å². The Morgan fingerprint density at radius 3 is 2.65 bits per heavy atom. The first-order valence-corrected chi connectivity index (χ1v) is 12.3. The summed E-state index contributed by atoms with van der Waals surface area (Å²) in [6.45, 7) is 2.47. The highest BCUT2D eigenvalue weighted by Gasteiger charge is 2.21. The van der Waals surface area contributed by atoms with Crippen molar-refractivity contribution in [1.29, 1.82) is 0 Å². The molecule has 0 atom stereocenters. The number of amides is 1. The molecule has 0 saturated carbocycles. The predicted octanol–water partition coefficient (Wildman–Crippen LogP) is 2.71. The highest BCUT2D eigenvalue weighted by Crippen LogP contribution is 2.34. The molecule has 0 spiro atoms. The summed E-state index contributed by atoms with van der Waals surface area (Å²) in [6, 6.07) is 12.6. The van der Waals surface area contributed by atoms with Crippen molar-refractivity contribution in [2.75, 3.05) is 42.8 Å². The van der Waals surface area contributed by atoms with E-state index in [-0.39, 0.29) is 18.2 Å². The van der Waals surface area contributed by atoms with Crippen LogP contribution < -0.4 is 10.2 Å². The largest absolute Gasteiger partial charge is 0.378 e. The molecule has 10 heteroatoms. The van der Waals surface area contributed by atoms with Crippen molar-refractivity contribution in [2.45, 2.75) is 12.3 Å². The molecule has 0 radical (unpaired) electrons. The highest BCUT2D eigenvalue weighted by atomic mass is 35.5. The first-order chi connectivity index (χ1) is 14.8. The van der Waals surface area contributed by atoms with Gasteiger partial charge in [0.2, 0.25) is 5.91 Å². The molecular weight excluding hydrogens is 440 g/mol. The van der Waals surface area contributed by atoms with E-state index in [2.05, 4.69) is 15.2 Å². The summed E-state index contributed by atoms with van der Waals surface area (Å²) in [5, 5.41) is 3.48. The molecule has 1 N–H and O–H groups in total. The number of carbonyl (C=O) groups is 1. The smallest absolute Gasteiger partial charge is 0.244 e. The molecule has 1 aromatic heterocycles. The minimum atomic E-state index is -3.32. The third-order valence-electron chi connectivity index (χ3n) is 5.01. The van der Waals surface area contributed by atoms with Crippen LogP contribution in [0.1, 0.15) is 5.82 Å². The quantitative estimate of drug-likeness (QED) is 0.605. The molecule has 1 amide bonds. The zero-order chi connectivity index (χ0) is 22.0. The van der Waals surface area contributed by atoms with E-state index >= 15 is 0 Å². The van der Waals surface area contributed by atoms with Crippen molar-refractivity contribution in [3.8, 4) is 0 Å². The van der Waals surface area contributed by atoms with Gasteiger partial charge in [-0.25, -0.2) is 13.4 Å². The Morgan fingerprint density at radius 1 is 1.16 bits per heavy atom. The minimum Gasteiger partial charge on any atom is -0.378 e.